The van der Waals surface area contributed by atoms with Crippen molar-refractivity contribution in [2.24, 2.45) is 0 Å². The molecule has 0 bridgehead atoms. The SMILES string of the molecule is Cc1ccc(NCc2nc3ccccc3n2CCO)cc1. The molecule has 0 aliphatic heterocycles. The average Bonchev–Trinajstić information content (AvgIpc) is 2.85. The molecule has 0 aliphatic rings. The number of aryl methyl sites for hydroxylation is 1. The van der Waals surface area contributed by atoms with E-state index in [0.717, 1.165) is 22.5 Å². The van der Waals surface area contributed by atoms with Gasteiger partial charge in [0.15, 0.2) is 0 Å². The Morgan fingerprint density at radius 1 is 1.10 bits per heavy atom. The number of aromatic nitrogens is 2. The van der Waals surface area contributed by atoms with Crippen molar-refractivity contribution in [2.45, 2.75) is 20.0 Å². The van der Waals surface area contributed by atoms with Crippen LogP contribution in [0.5, 0.6) is 0 Å². The zero-order valence-corrected chi connectivity index (χ0v) is 12.1. The molecular weight excluding hydrogens is 262 g/mol. The van der Waals surface area contributed by atoms with Crippen LogP contribution >= 0.6 is 0 Å². The first-order valence-corrected chi connectivity index (χ1v) is 7.13. The zero-order chi connectivity index (χ0) is 14.7. The fourth-order valence-electron chi connectivity index (χ4n) is 2.46. The number of benzene rings is 2. The first kappa shape index (κ1) is 13.6. The third-order valence-corrected chi connectivity index (χ3v) is 3.56. The molecule has 4 heteroatoms. The Labute approximate surface area is 124 Å². The number of nitrogens with one attached hydrogen (secondary N) is 1. The van der Waals surface area contributed by atoms with Crippen LogP contribution in [0, 0.1) is 6.92 Å². The number of aliphatic hydroxyl groups excluding tert-OH is 1. The van der Waals surface area contributed by atoms with Gasteiger partial charge >= 0.3 is 0 Å². The molecule has 0 aliphatic carbocycles. The molecule has 0 unspecified atom stereocenters. The summed E-state index contributed by atoms with van der Waals surface area (Å²) in [5.41, 5.74) is 4.34. The van der Waals surface area contributed by atoms with Crippen LogP contribution < -0.4 is 5.32 Å². The number of rotatable bonds is 5. The van der Waals surface area contributed by atoms with E-state index in [1.807, 2.05) is 24.3 Å². The van der Waals surface area contributed by atoms with Gasteiger partial charge in [-0.1, -0.05) is 29.8 Å². The van der Waals surface area contributed by atoms with Crippen molar-refractivity contribution in [1.29, 1.82) is 0 Å². The summed E-state index contributed by atoms with van der Waals surface area (Å²) in [6.45, 7) is 3.38. The third-order valence-electron chi connectivity index (χ3n) is 3.56. The van der Waals surface area contributed by atoms with Gasteiger partial charge < -0.3 is 15.0 Å². The van der Waals surface area contributed by atoms with Crippen LogP contribution in [0.2, 0.25) is 0 Å². The number of hydrogen-bond acceptors (Lipinski definition) is 3. The molecule has 1 heterocycles. The van der Waals surface area contributed by atoms with Crippen LogP contribution in [-0.4, -0.2) is 21.3 Å². The molecule has 0 spiro atoms. The molecule has 0 fully saturated rings. The van der Waals surface area contributed by atoms with Crippen LogP contribution in [0.1, 0.15) is 11.4 Å². The zero-order valence-electron chi connectivity index (χ0n) is 12.1. The van der Waals surface area contributed by atoms with E-state index >= 15 is 0 Å². The third kappa shape index (κ3) is 2.90. The van der Waals surface area contributed by atoms with E-state index in [1.54, 1.807) is 0 Å². The smallest absolute Gasteiger partial charge is 0.129 e. The van der Waals surface area contributed by atoms with Crippen molar-refractivity contribution < 1.29 is 5.11 Å². The van der Waals surface area contributed by atoms with E-state index in [4.69, 9.17) is 0 Å². The van der Waals surface area contributed by atoms with Gasteiger partial charge in [-0.05, 0) is 31.2 Å². The fraction of sp³-hybridized carbons (Fsp3) is 0.235. The number of hydrogen-bond donors (Lipinski definition) is 2. The minimum Gasteiger partial charge on any atom is -0.395 e. The van der Waals surface area contributed by atoms with Gasteiger partial charge in [-0.3, -0.25) is 0 Å². The Morgan fingerprint density at radius 2 is 1.86 bits per heavy atom. The lowest BCUT2D eigenvalue weighted by Gasteiger charge is -2.09. The molecule has 2 N–H and O–H groups in total. The van der Waals surface area contributed by atoms with E-state index in [2.05, 4.69) is 46.1 Å². The molecule has 1 aromatic heterocycles. The van der Waals surface area contributed by atoms with Gasteiger partial charge in [0.1, 0.15) is 5.82 Å². The number of para-hydroxylation sites is 2. The van der Waals surface area contributed by atoms with Crippen LogP contribution in [0.4, 0.5) is 5.69 Å². The molecule has 3 aromatic rings. The minimum absolute atomic E-state index is 0.109. The molecular formula is C17H19N3O. The number of aliphatic hydroxyl groups is 1. The van der Waals surface area contributed by atoms with E-state index in [0.29, 0.717) is 13.1 Å². The summed E-state index contributed by atoms with van der Waals surface area (Å²) in [5.74, 6) is 0.936. The first-order chi connectivity index (χ1) is 10.3. The average molecular weight is 281 g/mol. The molecule has 0 amide bonds. The van der Waals surface area contributed by atoms with Gasteiger partial charge in [-0.15, -0.1) is 0 Å². The Kier molecular flexibility index (Phi) is 3.88. The molecule has 0 saturated heterocycles. The maximum atomic E-state index is 9.27. The highest BCUT2D eigenvalue weighted by Gasteiger charge is 2.09. The van der Waals surface area contributed by atoms with Crippen LogP contribution in [0.25, 0.3) is 11.0 Å². The van der Waals surface area contributed by atoms with Crippen molar-refractivity contribution in [3.63, 3.8) is 0 Å². The first-order valence-electron chi connectivity index (χ1n) is 7.13. The van der Waals surface area contributed by atoms with E-state index in [-0.39, 0.29) is 6.61 Å². The van der Waals surface area contributed by atoms with Gasteiger partial charge in [0, 0.05) is 12.2 Å². The molecule has 3 rings (SSSR count). The summed E-state index contributed by atoms with van der Waals surface area (Å²) >= 11 is 0. The second-order valence-electron chi connectivity index (χ2n) is 5.11. The number of fused-ring (bicyclic) bond motifs is 1. The molecule has 108 valence electrons. The highest BCUT2D eigenvalue weighted by atomic mass is 16.3. The van der Waals surface area contributed by atoms with Crippen molar-refractivity contribution in [3.05, 3.63) is 59.9 Å². The van der Waals surface area contributed by atoms with Gasteiger partial charge in [0.25, 0.3) is 0 Å². The standard InChI is InChI=1S/C17H19N3O/c1-13-6-8-14(9-7-13)18-12-17-19-15-4-2-3-5-16(15)20(17)10-11-21/h2-9,18,21H,10-12H2,1H3. The van der Waals surface area contributed by atoms with Crippen LogP contribution in [0.3, 0.4) is 0 Å². The lowest BCUT2D eigenvalue weighted by molar-refractivity contribution is 0.276. The highest BCUT2D eigenvalue weighted by molar-refractivity contribution is 5.76. The maximum absolute atomic E-state index is 9.27. The van der Waals surface area contributed by atoms with Crippen LogP contribution in [0.15, 0.2) is 48.5 Å². The predicted octanol–water partition coefficient (Wildman–Crippen LogP) is 2.95. The van der Waals surface area contributed by atoms with Gasteiger partial charge in [-0.25, -0.2) is 4.98 Å². The summed E-state index contributed by atoms with van der Waals surface area (Å²) in [6.07, 6.45) is 0. The predicted molar refractivity (Wildman–Crippen MR) is 85.3 cm³/mol. The Hall–Kier alpha value is -2.33. The molecule has 21 heavy (non-hydrogen) atoms. The lowest BCUT2D eigenvalue weighted by Crippen LogP contribution is -2.11. The van der Waals surface area contributed by atoms with E-state index in [9.17, 15) is 5.11 Å². The Bertz CT molecular complexity index is 731. The van der Waals surface area contributed by atoms with E-state index < -0.39 is 0 Å². The summed E-state index contributed by atoms with van der Waals surface area (Å²) in [7, 11) is 0. The largest absolute Gasteiger partial charge is 0.395 e. The van der Waals surface area contributed by atoms with Crippen molar-refractivity contribution in [1.82, 2.24) is 9.55 Å². The summed E-state index contributed by atoms with van der Waals surface area (Å²) in [6, 6.07) is 16.3. The number of anilines is 1. The quantitative estimate of drug-likeness (QED) is 0.756. The fourth-order valence-corrected chi connectivity index (χ4v) is 2.46. The summed E-state index contributed by atoms with van der Waals surface area (Å²) in [5, 5.41) is 12.7. The molecule has 4 nitrogen and oxygen atoms in total. The summed E-state index contributed by atoms with van der Waals surface area (Å²) < 4.78 is 2.07. The van der Waals surface area contributed by atoms with Gasteiger partial charge in [0.05, 0.1) is 24.2 Å². The molecule has 2 aromatic carbocycles. The maximum Gasteiger partial charge on any atom is 0.129 e. The Balaban J connectivity index is 1.85. The topological polar surface area (TPSA) is 50.1 Å². The molecule has 0 radical (unpaired) electrons. The van der Waals surface area contributed by atoms with Crippen molar-refractivity contribution in [3.8, 4) is 0 Å². The van der Waals surface area contributed by atoms with Crippen molar-refractivity contribution >= 4 is 16.7 Å². The monoisotopic (exact) mass is 281 g/mol. The normalized spacial score (nSPS) is 11.0. The lowest BCUT2D eigenvalue weighted by atomic mass is 10.2. The second kappa shape index (κ2) is 5.97. The number of imidazole rings is 1. The van der Waals surface area contributed by atoms with Gasteiger partial charge in [0.2, 0.25) is 0 Å². The molecule has 0 atom stereocenters. The summed E-state index contributed by atoms with van der Waals surface area (Å²) in [4.78, 5) is 4.65. The van der Waals surface area contributed by atoms with Crippen molar-refractivity contribution in [2.75, 3.05) is 11.9 Å². The van der Waals surface area contributed by atoms with Crippen LogP contribution in [-0.2, 0) is 13.1 Å². The number of nitrogens with zero attached hydrogens (tertiary/aromatic N) is 2. The highest BCUT2D eigenvalue weighted by Crippen LogP contribution is 2.17. The molecule has 0 saturated carbocycles. The van der Waals surface area contributed by atoms with Gasteiger partial charge in [-0.2, -0.15) is 0 Å². The second-order valence-corrected chi connectivity index (χ2v) is 5.11. The van der Waals surface area contributed by atoms with E-state index in [1.165, 1.54) is 5.56 Å². The Morgan fingerprint density at radius 3 is 2.62 bits per heavy atom. The minimum atomic E-state index is 0.109.